The van der Waals surface area contributed by atoms with E-state index in [9.17, 15) is 14.7 Å². The quantitative estimate of drug-likeness (QED) is 0.206. The van der Waals surface area contributed by atoms with Crippen LogP contribution in [0.4, 0.5) is 0 Å². The lowest BCUT2D eigenvalue weighted by Crippen LogP contribution is -2.29. The van der Waals surface area contributed by atoms with Gasteiger partial charge in [0.15, 0.2) is 17.1 Å². The Bertz CT molecular complexity index is 1530. The number of hydrogen-bond acceptors (Lipinski definition) is 7. The number of carboxylic acids is 1. The number of rotatable bonds is 8. The zero-order valence-corrected chi connectivity index (χ0v) is 26.0. The van der Waals surface area contributed by atoms with E-state index in [1.165, 1.54) is 22.3 Å². The van der Waals surface area contributed by atoms with Crippen molar-refractivity contribution in [3.05, 3.63) is 118 Å². The summed E-state index contributed by atoms with van der Waals surface area (Å²) in [4.78, 5) is 34.5. The number of nitrogens with zero attached hydrogens (tertiary/aromatic N) is 2. The maximum atomic E-state index is 12.7. The van der Waals surface area contributed by atoms with Crippen molar-refractivity contribution in [3.63, 3.8) is 0 Å². The van der Waals surface area contributed by atoms with Crippen molar-refractivity contribution in [1.29, 1.82) is 0 Å². The van der Waals surface area contributed by atoms with Gasteiger partial charge in [-0.3, -0.25) is 4.79 Å². The number of hydrogen-bond donors (Lipinski definition) is 2. The highest BCUT2D eigenvalue weighted by Gasteiger charge is 2.44. The highest BCUT2D eigenvalue weighted by atomic mass is 16.7. The van der Waals surface area contributed by atoms with Crippen LogP contribution in [0.15, 0.2) is 94.4 Å². The van der Waals surface area contributed by atoms with Crippen LogP contribution in [0.5, 0.6) is 0 Å². The van der Waals surface area contributed by atoms with Gasteiger partial charge in [0, 0.05) is 24.0 Å². The lowest BCUT2D eigenvalue weighted by atomic mass is 9.78. The van der Waals surface area contributed by atoms with Crippen LogP contribution in [-0.4, -0.2) is 40.0 Å². The summed E-state index contributed by atoms with van der Waals surface area (Å²) in [7, 11) is 0. The van der Waals surface area contributed by atoms with Gasteiger partial charge in [-0.25, -0.2) is 4.79 Å². The van der Waals surface area contributed by atoms with E-state index >= 15 is 0 Å². The van der Waals surface area contributed by atoms with Crippen LogP contribution in [0.25, 0.3) is 0 Å². The fraction of sp³-hybridized carbons (Fsp3) is 0.333. The van der Waals surface area contributed by atoms with Gasteiger partial charge in [0.05, 0.1) is 17.7 Å². The number of aliphatic hydroxyl groups excluding tert-OH is 1. The van der Waals surface area contributed by atoms with Crippen molar-refractivity contribution in [2.75, 3.05) is 6.61 Å². The number of oxime groups is 2. The van der Waals surface area contributed by atoms with Gasteiger partial charge in [-0.1, -0.05) is 95.6 Å². The van der Waals surface area contributed by atoms with Crippen LogP contribution >= 0.6 is 0 Å². The van der Waals surface area contributed by atoms with Crippen LogP contribution < -0.4 is 0 Å². The molecule has 5 rings (SSSR count). The van der Waals surface area contributed by atoms with E-state index in [-0.39, 0.29) is 29.6 Å². The second kappa shape index (κ2) is 14.2. The summed E-state index contributed by atoms with van der Waals surface area (Å²) >= 11 is 0. The summed E-state index contributed by atoms with van der Waals surface area (Å²) in [6, 6.07) is 23.4. The fourth-order valence-corrected chi connectivity index (χ4v) is 6.13. The third-order valence-corrected chi connectivity index (χ3v) is 7.97. The first-order valence-corrected chi connectivity index (χ1v) is 14.9. The zero-order chi connectivity index (χ0) is 31.9. The van der Waals surface area contributed by atoms with Crippen molar-refractivity contribution < 1.29 is 29.5 Å². The van der Waals surface area contributed by atoms with Crippen molar-refractivity contribution in [3.8, 4) is 0 Å². The lowest BCUT2D eigenvalue weighted by Gasteiger charge is -2.27. The molecule has 0 amide bonds. The zero-order valence-electron chi connectivity index (χ0n) is 26.0. The first kappa shape index (κ1) is 32.2. The van der Waals surface area contributed by atoms with E-state index in [0.717, 1.165) is 11.1 Å². The number of aryl methyl sites for hydroxylation is 3. The summed E-state index contributed by atoms with van der Waals surface area (Å²) in [5, 5.41) is 27.4. The minimum atomic E-state index is -1.04. The summed E-state index contributed by atoms with van der Waals surface area (Å²) < 4.78 is 0. The van der Waals surface area contributed by atoms with Crippen molar-refractivity contribution in [2.24, 2.45) is 10.3 Å². The molecule has 3 aromatic rings. The maximum Gasteiger partial charge on any atom is 0.353 e. The smallest absolute Gasteiger partial charge is 0.353 e. The van der Waals surface area contributed by atoms with Gasteiger partial charge in [-0.2, -0.15) is 0 Å². The van der Waals surface area contributed by atoms with Crippen LogP contribution in [0.3, 0.4) is 0 Å². The molecule has 0 aromatic heterocycles. The monoisotopic (exact) mass is 596 g/mol. The second-order valence-corrected chi connectivity index (χ2v) is 11.1. The van der Waals surface area contributed by atoms with E-state index in [4.69, 9.17) is 14.8 Å². The summed E-state index contributed by atoms with van der Waals surface area (Å²) in [5.41, 5.74) is 6.62. The lowest BCUT2D eigenvalue weighted by molar-refractivity contribution is -0.129. The molecule has 1 aliphatic heterocycles. The minimum Gasteiger partial charge on any atom is -0.511 e. The molecule has 1 aliphatic carbocycles. The molecule has 0 fully saturated rings. The molecule has 8 heteroatoms. The van der Waals surface area contributed by atoms with Crippen molar-refractivity contribution in [1.82, 2.24) is 0 Å². The molecule has 1 heterocycles. The molecular formula is C36H40N2O6. The van der Waals surface area contributed by atoms with E-state index < -0.39 is 11.6 Å². The molecule has 2 aliphatic rings. The Morgan fingerprint density at radius 3 is 2.00 bits per heavy atom. The van der Waals surface area contributed by atoms with Crippen LogP contribution in [0.1, 0.15) is 78.8 Å². The largest absolute Gasteiger partial charge is 0.511 e. The molecule has 1 unspecified atom stereocenters. The standard InChI is InChI=1S/C20H27NO3.C16H13NO3/c1-6-16(21-24-7-2)20-17(22)10-15(11-18(20)23)19-13(4)8-12(3)9-14(19)5;18-15(19)14-11-16(20-17-14,12-7-3-1-4-8-12)13-9-5-2-6-10-13/h8-9,15,22H,6-7,10-11H2,1-5H3;1-10H,11H2,(H,18,19)/b21-16+;. The first-order valence-electron chi connectivity index (χ1n) is 14.9. The Morgan fingerprint density at radius 1 is 0.977 bits per heavy atom. The molecule has 0 saturated heterocycles. The number of carbonyl (C=O) groups excluding carboxylic acids is 1. The Morgan fingerprint density at radius 2 is 1.55 bits per heavy atom. The number of carboxylic acid groups (broad SMARTS) is 1. The number of Topliss-reactive ketones (excluding diaryl/α,β-unsaturated/α-hetero) is 1. The SMILES string of the molecule is CCO/N=C(\CC)C1=C(O)CC(c2c(C)cc(C)cc2C)CC1=O.O=C(O)C1=NOC(c2ccccc2)(c2ccccc2)C1. The van der Waals surface area contributed by atoms with Crippen LogP contribution in [-0.2, 0) is 24.9 Å². The molecule has 1 atom stereocenters. The molecule has 0 radical (unpaired) electrons. The van der Waals surface area contributed by atoms with E-state index in [0.29, 0.717) is 37.2 Å². The van der Waals surface area contributed by atoms with Crippen LogP contribution in [0, 0.1) is 20.8 Å². The summed E-state index contributed by atoms with van der Waals surface area (Å²) in [5.74, 6) is -0.940. The number of ketones is 1. The highest BCUT2D eigenvalue weighted by molar-refractivity contribution is 6.36. The van der Waals surface area contributed by atoms with E-state index in [1.807, 2.05) is 74.5 Å². The predicted molar refractivity (Wildman–Crippen MR) is 171 cm³/mol. The van der Waals surface area contributed by atoms with Gasteiger partial charge < -0.3 is 19.9 Å². The Labute approximate surface area is 258 Å². The molecule has 0 spiro atoms. The predicted octanol–water partition coefficient (Wildman–Crippen LogP) is 7.46. The molecule has 0 saturated carbocycles. The minimum absolute atomic E-state index is 0.0204. The average molecular weight is 597 g/mol. The van der Waals surface area contributed by atoms with Gasteiger partial charge in [0.1, 0.15) is 12.4 Å². The normalized spacial score (nSPS) is 17.8. The molecule has 2 N–H and O–H groups in total. The van der Waals surface area contributed by atoms with E-state index in [2.05, 4.69) is 43.2 Å². The van der Waals surface area contributed by atoms with Gasteiger partial charge in [-0.05, 0) is 56.7 Å². The number of carbonyl (C=O) groups is 2. The second-order valence-electron chi connectivity index (χ2n) is 11.1. The van der Waals surface area contributed by atoms with Gasteiger partial charge >= 0.3 is 5.97 Å². The summed E-state index contributed by atoms with van der Waals surface area (Å²) in [6.07, 6.45) is 1.64. The number of allylic oxidation sites excluding steroid dienone is 2. The molecule has 0 bridgehead atoms. The topological polar surface area (TPSA) is 118 Å². The number of aliphatic carboxylic acids is 1. The van der Waals surface area contributed by atoms with E-state index in [1.54, 1.807) is 0 Å². The van der Waals surface area contributed by atoms with Gasteiger partial charge in [0.25, 0.3) is 0 Å². The fourth-order valence-electron chi connectivity index (χ4n) is 6.13. The Balaban J connectivity index is 0.000000204. The molecule has 3 aromatic carbocycles. The average Bonchev–Trinajstić information content (AvgIpc) is 3.47. The third kappa shape index (κ3) is 6.91. The third-order valence-electron chi connectivity index (χ3n) is 7.97. The van der Waals surface area contributed by atoms with Crippen molar-refractivity contribution in [2.45, 2.75) is 71.8 Å². The summed E-state index contributed by atoms with van der Waals surface area (Å²) in [6.45, 7) is 10.4. The number of aliphatic hydroxyl groups is 1. The van der Waals surface area contributed by atoms with Gasteiger partial charge in [0.2, 0.25) is 0 Å². The Kier molecular flexibility index (Phi) is 10.4. The molecule has 44 heavy (non-hydrogen) atoms. The maximum absolute atomic E-state index is 12.7. The molecule has 8 nitrogen and oxygen atoms in total. The molecule has 230 valence electrons. The Hall–Kier alpha value is -4.72. The first-order chi connectivity index (χ1) is 21.1. The van der Waals surface area contributed by atoms with Crippen molar-refractivity contribution >= 4 is 23.2 Å². The highest BCUT2D eigenvalue weighted by Crippen LogP contribution is 2.41. The number of benzene rings is 3. The van der Waals surface area contributed by atoms with Gasteiger partial charge in [-0.15, -0.1) is 0 Å². The molecular weight excluding hydrogens is 556 g/mol. The van der Waals surface area contributed by atoms with Crippen LogP contribution in [0.2, 0.25) is 0 Å².